The van der Waals surface area contributed by atoms with Gasteiger partial charge in [-0.2, -0.15) is 12.7 Å². The van der Waals surface area contributed by atoms with Gasteiger partial charge in [0.1, 0.15) is 18.4 Å². The predicted octanol–water partition coefficient (Wildman–Crippen LogP) is 3.96. The number of carbonyl (C=O) groups excluding carboxylic acids is 2. The second kappa shape index (κ2) is 12.7. The molecule has 1 saturated carbocycles. The lowest BCUT2D eigenvalue weighted by molar-refractivity contribution is -0.139. The summed E-state index contributed by atoms with van der Waals surface area (Å²) in [4.78, 5) is 28.3. The molecular weight excluding hydrogens is 519 g/mol. The van der Waals surface area contributed by atoms with Crippen molar-refractivity contribution in [2.24, 2.45) is 0 Å². The molecular formula is C26H34ClFN4O4S. The molecule has 0 heterocycles. The molecule has 2 aromatic carbocycles. The lowest BCUT2D eigenvalue weighted by Gasteiger charge is -2.34. The van der Waals surface area contributed by atoms with Crippen molar-refractivity contribution < 1.29 is 22.4 Å². The van der Waals surface area contributed by atoms with Crippen molar-refractivity contribution in [1.82, 2.24) is 14.5 Å². The summed E-state index contributed by atoms with van der Waals surface area (Å²) in [5.41, 5.74) is 0.826. The van der Waals surface area contributed by atoms with Crippen LogP contribution in [0.25, 0.3) is 0 Å². The number of hydrogen-bond acceptors (Lipinski definition) is 4. The number of rotatable bonds is 10. The Hall–Kier alpha value is -2.69. The highest BCUT2D eigenvalue weighted by molar-refractivity contribution is 7.90. The van der Waals surface area contributed by atoms with Crippen LogP contribution >= 0.6 is 11.6 Å². The summed E-state index contributed by atoms with van der Waals surface area (Å²) in [6.45, 7) is 1.11. The van der Waals surface area contributed by atoms with E-state index in [0.717, 1.165) is 52.8 Å². The lowest BCUT2D eigenvalue weighted by Crippen LogP contribution is -2.53. The summed E-state index contributed by atoms with van der Waals surface area (Å²) in [6, 6.07) is 11.0. The summed E-state index contributed by atoms with van der Waals surface area (Å²) in [7, 11) is -1.41. The van der Waals surface area contributed by atoms with Gasteiger partial charge >= 0.3 is 10.2 Å². The third-order valence-corrected chi connectivity index (χ3v) is 8.55. The van der Waals surface area contributed by atoms with Crippen LogP contribution in [-0.4, -0.2) is 62.2 Å². The number of hydrogen-bond donors (Lipinski definition) is 1. The second-order valence-corrected chi connectivity index (χ2v) is 11.9. The van der Waals surface area contributed by atoms with E-state index in [0.29, 0.717) is 10.6 Å². The summed E-state index contributed by atoms with van der Waals surface area (Å²) in [6.07, 6.45) is 5.00. The van der Waals surface area contributed by atoms with Crippen molar-refractivity contribution in [2.45, 2.75) is 57.7 Å². The molecule has 0 unspecified atom stereocenters. The van der Waals surface area contributed by atoms with Gasteiger partial charge in [-0.1, -0.05) is 43.0 Å². The number of amides is 2. The first-order chi connectivity index (χ1) is 17.5. The number of benzene rings is 2. The van der Waals surface area contributed by atoms with Crippen LogP contribution in [0.2, 0.25) is 5.02 Å². The highest BCUT2D eigenvalue weighted by Gasteiger charge is 2.33. The van der Waals surface area contributed by atoms with Crippen molar-refractivity contribution >= 4 is 39.3 Å². The van der Waals surface area contributed by atoms with Crippen LogP contribution in [0, 0.1) is 5.82 Å². The highest BCUT2D eigenvalue weighted by atomic mass is 35.5. The number of anilines is 1. The maximum Gasteiger partial charge on any atom is 0.304 e. The minimum absolute atomic E-state index is 0.0525. The molecule has 1 fully saturated rings. The van der Waals surface area contributed by atoms with Gasteiger partial charge in [-0.05, 0) is 61.7 Å². The van der Waals surface area contributed by atoms with E-state index in [1.54, 1.807) is 31.2 Å². The molecule has 1 atom stereocenters. The Morgan fingerprint density at radius 2 is 1.73 bits per heavy atom. The van der Waals surface area contributed by atoms with Crippen LogP contribution in [0.4, 0.5) is 10.1 Å². The van der Waals surface area contributed by atoms with Crippen molar-refractivity contribution in [2.75, 3.05) is 24.9 Å². The molecule has 0 aromatic heterocycles. The topological polar surface area (TPSA) is 90.0 Å². The highest BCUT2D eigenvalue weighted by Crippen LogP contribution is 2.22. The number of carbonyl (C=O) groups is 2. The Morgan fingerprint density at radius 1 is 1.08 bits per heavy atom. The molecule has 8 nitrogen and oxygen atoms in total. The van der Waals surface area contributed by atoms with E-state index in [1.807, 2.05) is 0 Å². The molecule has 11 heteroatoms. The van der Waals surface area contributed by atoms with Crippen LogP contribution in [0.1, 0.15) is 44.6 Å². The summed E-state index contributed by atoms with van der Waals surface area (Å²) < 4.78 is 41.7. The molecule has 0 saturated heterocycles. The van der Waals surface area contributed by atoms with Crippen LogP contribution in [-0.2, 0) is 26.3 Å². The molecule has 202 valence electrons. The summed E-state index contributed by atoms with van der Waals surface area (Å²) >= 11 is 6.14. The standard InChI is InChI=1S/C26H34ClFN4O4S/c1-19(26(34)29-23-10-5-4-6-11-23)31(17-20-8-7-9-21(27)16-20)25(33)18-32(37(35,36)30(2)3)24-14-12-22(28)13-15-24/h7-9,12-16,19,23H,4-6,10-11,17-18H2,1-3H3,(H,29,34)/t19-/m1/s1. The molecule has 0 radical (unpaired) electrons. The van der Waals surface area contributed by atoms with Gasteiger partial charge in [0.05, 0.1) is 5.69 Å². The number of nitrogens with one attached hydrogen (secondary N) is 1. The summed E-state index contributed by atoms with van der Waals surface area (Å²) in [5.74, 6) is -1.42. The molecule has 37 heavy (non-hydrogen) atoms. The van der Waals surface area contributed by atoms with Crippen LogP contribution < -0.4 is 9.62 Å². The average molecular weight is 553 g/mol. The predicted molar refractivity (Wildman–Crippen MR) is 143 cm³/mol. The van der Waals surface area contributed by atoms with E-state index in [-0.39, 0.29) is 24.2 Å². The van der Waals surface area contributed by atoms with E-state index in [1.165, 1.54) is 31.1 Å². The van der Waals surface area contributed by atoms with Gasteiger partial charge in [0.2, 0.25) is 11.8 Å². The van der Waals surface area contributed by atoms with Crippen molar-refractivity contribution in [3.63, 3.8) is 0 Å². The fourth-order valence-corrected chi connectivity index (χ4v) is 5.58. The molecule has 0 bridgehead atoms. The lowest BCUT2D eigenvalue weighted by atomic mass is 9.95. The maximum atomic E-state index is 13.7. The van der Waals surface area contributed by atoms with Crippen LogP contribution in [0.5, 0.6) is 0 Å². The van der Waals surface area contributed by atoms with Gasteiger partial charge in [0.25, 0.3) is 0 Å². The molecule has 1 aliphatic carbocycles. The minimum atomic E-state index is -4.11. The minimum Gasteiger partial charge on any atom is -0.352 e. The zero-order valence-corrected chi connectivity index (χ0v) is 22.9. The largest absolute Gasteiger partial charge is 0.352 e. The van der Waals surface area contributed by atoms with Gasteiger partial charge in [-0.25, -0.2) is 8.70 Å². The Morgan fingerprint density at radius 3 is 2.32 bits per heavy atom. The van der Waals surface area contributed by atoms with Gasteiger partial charge in [0.15, 0.2) is 0 Å². The van der Waals surface area contributed by atoms with Crippen molar-refractivity contribution in [3.05, 3.63) is 64.9 Å². The average Bonchev–Trinajstić information content (AvgIpc) is 2.86. The third-order valence-electron chi connectivity index (χ3n) is 6.49. The fourth-order valence-electron chi connectivity index (χ4n) is 4.31. The molecule has 3 rings (SSSR count). The number of nitrogens with zero attached hydrogens (tertiary/aromatic N) is 3. The Balaban J connectivity index is 1.91. The number of halogens is 2. The van der Waals surface area contributed by atoms with E-state index >= 15 is 0 Å². The Bertz CT molecular complexity index is 1190. The second-order valence-electron chi connectivity index (χ2n) is 9.44. The quantitative estimate of drug-likeness (QED) is 0.483. The first-order valence-corrected chi connectivity index (χ1v) is 14.1. The van der Waals surface area contributed by atoms with Gasteiger partial charge in [-0.15, -0.1) is 0 Å². The van der Waals surface area contributed by atoms with E-state index in [4.69, 9.17) is 11.6 Å². The van der Waals surface area contributed by atoms with E-state index in [9.17, 15) is 22.4 Å². The normalized spacial score (nSPS) is 15.3. The zero-order valence-electron chi connectivity index (χ0n) is 21.4. The molecule has 2 amide bonds. The van der Waals surface area contributed by atoms with Crippen LogP contribution in [0.3, 0.4) is 0 Å². The Kier molecular flexibility index (Phi) is 9.92. The van der Waals surface area contributed by atoms with Gasteiger partial charge in [-0.3, -0.25) is 9.59 Å². The molecule has 0 spiro atoms. The molecule has 1 aliphatic rings. The first kappa shape index (κ1) is 28.9. The maximum absolute atomic E-state index is 13.7. The first-order valence-electron chi connectivity index (χ1n) is 12.3. The van der Waals surface area contributed by atoms with Crippen molar-refractivity contribution in [1.29, 1.82) is 0 Å². The fraction of sp³-hybridized carbons (Fsp3) is 0.462. The third kappa shape index (κ3) is 7.66. The Labute approximate surface area is 223 Å². The van der Waals surface area contributed by atoms with E-state index in [2.05, 4.69) is 5.32 Å². The summed E-state index contributed by atoms with van der Waals surface area (Å²) in [5, 5.41) is 3.53. The SMILES string of the molecule is C[C@H](C(=O)NC1CCCCC1)N(Cc1cccc(Cl)c1)C(=O)CN(c1ccc(F)cc1)S(=O)(=O)N(C)C. The zero-order chi connectivity index (χ0) is 27.2. The van der Waals surface area contributed by atoms with Gasteiger partial charge in [0, 0.05) is 31.7 Å². The van der Waals surface area contributed by atoms with Crippen LogP contribution in [0.15, 0.2) is 48.5 Å². The monoisotopic (exact) mass is 552 g/mol. The van der Waals surface area contributed by atoms with E-state index < -0.39 is 34.5 Å². The molecule has 0 aliphatic heterocycles. The van der Waals surface area contributed by atoms with Gasteiger partial charge < -0.3 is 10.2 Å². The molecule has 2 aromatic rings. The smallest absolute Gasteiger partial charge is 0.304 e. The molecule has 1 N–H and O–H groups in total. The van der Waals surface area contributed by atoms with Crippen molar-refractivity contribution in [3.8, 4) is 0 Å².